The van der Waals surface area contributed by atoms with E-state index in [0.29, 0.717) is 36.2 Å². The summed E-state index contributed by atoms with van der Waals surface area (Å²) in [6.45, 7) is 4.61. The van der Waals surface area contributed by atoms with Crippen LogP contribution < -0.4 is 10.6 Å². The van der Waals surface area contributed by atoms with Crippen molar-refractivity contribution in [1.82, 2.24) is 15.0 Å². The molecule has 0 amide bonds. The largest absolute Gasteiger partial charge is 0.462 e. The van der Waals surface area contributed by atoms with E-state index in [1.165, 1.54) is 0 Å². The molecule has 0 saturated carbocycles. The van der Waals surface area contributed by atoms with Gasteiger partial charge in [0.1, 0.15) is 5.82 Å². The first-order valence-electron chi connectivity index (χ1n) is 8.67. The highest BCUT2D eigenvalue weighted by atomic mass is 16.5. The van der Waals surface area contributed by atoms with Crippen LogP contribution in [0.25, 0.3) is 0 Å². The molecule has 0 aliphatic rings. The predicted octanol–water partition coefficient (Wildman–Crippen LogP) is 3.71. The van der Waals surface area contributed by atoms with Gasteiger partial charge in [-0.3, -0.25) is 4.98 Å². The van der Waals surface area contributed by atoms with Crippen molar-refractivity contribution in [2.24, 2.45) is 0 Å². The second-order valence-electron chi connectivity index (χ2n) is 5.82. The zero-order chi connectivity index (χ0) is 19.1. The van der Waals surface area contributed by atoms with Gasteiger partial charge in [0.15, 0.2) is 0 Å². The Morgan fingerprint density at radius 1 is 1.11 bits per heavy atom. The van der Waals surface area contributed by atoms with Gasteiger partial charge in [0.05, 0.1) is 17.9 Å². The van der Waals surface area contributed by atoms with E-state index in [-0.39, 0.29) is 5.97 Å². The average molecular weight is 363 g/mol. The zero-order valence-electron chi connectivity index (χ0n) is 15.3. The van der Waals surface area contributed by atoms with Gasteiger partial charge in [-0.15, -0.1) is 0 Å². The molecule has 0 fully saturated rings. The van der Waals surface area contributed by atoms with Crippen LogP contribution in [0.15, 0.2) is 54.9 Å². The number of benzene rings is 1. The normalized spacial score (nSPS) is 10.3. The summed E-state index contributed by atoms with van der Waals surface area (Å²) in [7, 11) is 0. The van der Waals surface area contributed by atoms with Gasteiger partial charge >= 0.3 is 5.97 Å². The Morgan fingerprint density at radius 3 is 2.67 bits per heavy atom. The van der Waals surface area contributed by atoms with Crippen molar-refractivity contribution in [3.63, 3.8) is 0 Å². The van der Waals surface area contributed by atoms with Gasteiger partial charge in [0, 0.05) is 30.7 Å². The van der Waals surface area contributed by atoms with Crippen molar-refractivity contribution in [3.05, 3.63) is 71.7 Å². The van der Waals surface area contributed by atoms with Crippen LogP contribution >= 0.6 is 0 Å². The van der Waals surface area contributed by atoms with Crippen LogP contribution in [0.1, 0.15) is 28.5 Å². The third-order valence-electron chi connectivity index (χ3n) is 3.75. The molecule has 0 aliphatic carbocycles. The van der Waals surface area contributed by atoms with Gasteiger partial charge in [-0.05, 0) is 43.7 Å². The number of nitrogens with one attached hydrogen (secondary N) is 2. The molecule has 27 heavy (non-hydrogen) atoms. The number of carbonyl (C=O) groups excluding carboxylic acids is 1. The first-order valence-corrected chi connectivity index (χ1v) is 8.67. The van der Waals surface area contributed by atoms with Crippen molar-refractivity contribution >= 4 is 23.4 Å². The van der Waals surface area contributed by atoms with E-state index in [1.807, 2.05) is 31.2 Å². The van der Waals surface area contributed by atoms with E-state index in [9.17, 15) is 4.79 Å². The van der Waals surface area contributed by atoms with Crippen LogP contribution in [0.2, 0.25) is 0 Å². The second-order valence-corrected chi connectivity index (χ2v) is 5.82. The molecule has 7 heteroatoms. The summed E-state index contributed by atoms with van der Waals surface area (Å²) in [5.41, 5.74) is 2.94. The van der Waals surface area contributed by atoms with Crippen molar-refractivity contribution in [2.45, 2.75) is 20.4 Å². The molecule has 0 aliphatic heterocycles. The van der Waals surface area contributed by atoms with Crippen LogP contribution in [0.3, 0.4) is 0 Å². The molecule has 2 aromatic heterocycles. The molecule has 0 bridgehead atoms. The molecule has 2 N–H and O–H groups in total. The molecule has 1 aromatic carbocycles. The lowest BCUT2D eigenvalue weighted by atomic mass is 10.2. The number of esters is 1. The van der Waals surface area contributed by atoms with Gasteiger partial charge in [0.2, 0.25) is 5.95 Å². The van der Waals surface area contributed by atoms with E-state index in [4.69, 9.17) is 4.74 Å². The fraction of sp³-hybridized carbons (Fsp3) is 0.200. The number of ether oxygens (including phenoxy) is 1. The number of anilines is 3. The van der Waals surface area contributed by atoms with Gasteiger partial charge in [-0.1, -0.05) is 12.1 Å². The molecule has 138 valence electrons. The Morgan fingerprint density at radius 2 is 1.89 bits per heavy atom. The molecule has 2 heterocycles. The molecule has 0 atom stereocenters. The average Bonchev–Trinajstić information content (AvgIpc) is 2.67. The maximum atomic E-state index is 12.1. The lowest BCUT2D eigenvalue weighted by Gasteiger charge is -2.12. The fourth-order valence-corrected chi connectivity index (χ4v) is 2.51. The smallest absolute Gasteiger partial charge is 0.340 e. The number of rotatable bonds is 7. The molecule has 3 rings (SSSR count). The van der Waals surface area contributed by atoms with Crippen molar-refractivity contribution in [3.8, 4) is 0 Å². The van der Waals surface area contributed by atoms with E-state index >= 15 is 0 Å². The first kappa shape index (κ1) is 18.3. The van der Waals surface area contributed by atoms with Crippen LogP contribution in [-0.2, 0) is 11.3 Å². The maximum Gasteiger partial charge on any atom is 0.340 e. The molecule has 0 saturated heterocycles. The monoisotopic (exact) mass is 363 g/mol. The summed E-state index contributed by atoms with van der Waals surface area (Å²) in [6.07, 6.45) is 3.50. The molecule has 0 spiro atoms. The number of pyridine rings is 1. The van der Waals surface area contributed by atoms with Gasteiger partial charge in [-0.2, -0.15) is 4.98 Å². The number of para-hydroxylation sites is 1. The second kappa shape index (κ2) is 8.75. The fourth-order valence-electron chi connectivity index (χ4n) is 2.51. The molecular formula is C20H21N5O2. The lowest BCUT2D eigenvalue weighted by molar-refractivity contribution is 0.0527. The minimum atomic E-state index is -0.385. The summed E-state index contributed by atoms with van der Waals surface area (Å²) in [5.74, 6) is 0.712. The highest BCUT2D eigenvalue weighted by Gasteiger charge is 2.13. The highest BCUT2D eigenvalue weighted by molar-refractivity contribution is 5.96. The predicted molar refractivity (Wildman–Crippen MR) is 104 cm³/mol. The standard InChI is InChI=1S/C20H21N5O2/c1-3-27-19(26)16-6-4-5-7-17(16)24-20-23-14(2)12-18(25-20)22-13-15-8-10-21-11-9-15/h4-12H,3,13H2,1-2H3,(H2,22,23,24,25). The molecule has 3 aromatic rings. The van der Waals surface area contributed by atoms with Crippen molar-refractivity contribution < 1.29 is 9.53 Å². The SMILES string of the molecule is CCOC(=O)c1ccccc1Nc1nc(C)cc(NCc2ccncc2)n1. The number of hydrogen-bond acceptors (Lipinski definition) is 7. The van der Waals surface area contributed by atoms with E-state index in [2.05, 4.69) is 25.6 Å². The Hall–Kier alpha value is -3.48. The minimum Gasteiger partial charge on any atom is -0.462 e. The third kappa shape index (κ3) is 5.01. The topological polar surface area (TPSA) is 89.0 Å². The lowest BCUT2D eigenvalue weighted by Crippen LogP contribution is -2.10. The first-order chi connectivity index (χ1) is 13.2. The number of hydrogen-bond donors (Lipinski definition) is 2. The van der Waals surface area contributed by atoms with E-state index in [0.717, 1.165) is 11.3 Å². The number of nitrogens with zero attached hydrogens (tertiary/aromatic N) is 3. The van der Waals surface area contributed by atoms with Crippen LogP contribution in [0, 0.1) is 6.92 Å². The molecule has 0 radical (unpaired) electrons. The summed E-state index contributed by atoms with van der Waals surface area (Å²) >= 11 is 0. The van der Waals surface area contributed by atoms with E-state index in [1.54, 1.807) is 37.5 Å². The number of carbonyl (C=O) groups is 1. The van der Waals surface area contributed by atoms with Crippen molar-refractivity contribution in [2.75, 3.05) is 17.2 Å². The summed E-state index contributed by atoms with van der Waals surface area (Å²) in [4.78, 5) is 25.0. The van der Waals surface area contributed by atoms with Crippen molar-refractivity contribution in [1.29, 1.82) is 0 Å². The van der Waals surface area contributed by atoms with Gasteiger partial charge in [0.25, 0.3) is 0 Å². The summed E-state index contributed by atoms with van der Waals surface area (Å²) in [6, 6.07) is 12.9. The highest BCUT2D eigenvalue weighted by Crippen LogP contribution is 2.21. The maximum absolute atomic E-state index is 12.1. The Bertz CT molecular complexity index is 915. The molecule has 0 unspecified atom stereocenters. The Balaban J connectivity index is 1.78. The quantitative estimate of drug-likeness (QED) is 0.619. The van der Waals surface area contributed by atoms with Gasteiger partial charge in [-0.25, -0.2) is 9.78 Å². The van der Waals surface area contributed by atoms with Crippen LogP contribution in [0.5, 0.6) is 0 Å². The van der Waals surface area contributed by atoms with Crippen LogP contribution in [-0.4, -0.2) is 27.5 Å². The third-order valence-corrected chi connectivity index (χ3v) is 3.75. The minimum absolute atomic E-state index is 0.317. The molecular weight excluding hydrogens is 342 g/mol. The number of aryl methyl sites for hydroxylation is 1. The Kier molecular flexibility index (Phi) is 5.94. The van der Waals surface area contributed by atoms with E-state index < -0.39 is 0 Å². The zero-order valence-corrected chi connectivity index (χ0v) is 15.3. The van der Waals surface area contributed by atoms with Crippen LogP contribution in [0.4, 0.5) is 17.5 Å². The number of aromatic nitrogens is 3. The molecule has 7 nitrogen and oxygen atoms in total. The summed E-state index contributed by atoms with van der Waals surface area (Å²) < 4.78 is 5.10. The summed E-state index contributed by atoms with van der Waals surface area (Å²) in [5, 5.41) is 6.39. The van der Waals surface area contributed by atoms with Gasteiger partial charge < -0.3 is 15.4 Å². The Labute approximate surface area is 157 Å².